The third-order valence-electron chi connectivity index (χ3n) is 5.53. The molecule has 3 aromatic rings. The molecule has 0 radical (unpaired) electrons. The monoisotopic (exact) mass is 471 g/mol. The van der Waals surface area contributed by atoms with Gasteiger partial charge in [0.25, 0.3) is 0 Å². The molecular formula is C24H24ClF2N5O. The number of fused-ring (bicyclic) bond motifs is 3. The fourth-order valence-electron chi connectivity index (χ4n) is 3.92. The number of aryl methyl sites for hydroxylation is 1. The number of carbonyl (C=O) groups excluding carboxylic acids is 1. The summed E-state index contributed by atoms with van der Waals surface area (Å²) in [4.78, 5) is 20.6. The molecule has 2 aromatic carbocycles. The summed E-state index contributed by atoms with van der Waals surface area (Å²) in [7, 11) is 1.79. The Labute approximate surface area is 196 Å². The van der Waals surface area contributed by atoms with Gasteiger partial charge in [-0.2, -0.15) is 0 Å². The molecule has 4 rings (SSSR count). The number of urea groups is 1. The zero-order valence-corrected chi connectivity index (χ0v) is 19.3. The van der Waals surface area contributed by atoms with Gasteiger partial charge in [-0.3, -0.25) is 9.80 Å². The summed E-state index contributed by atoms with van der Waals surface area (Å²) in [5.41, 5.74) is 2.16. The van der Waals surface area contributed by atoms with Crippen LogP contribution in [0.2, 0.25) is 5.02 Å². The number of nitrogens with zero attached hydrogens (tertiary/aromatic N) is 3. The number of likely N-dealkylation sites (N-methyl/N-ethyl adjacent to an activating group) is 1. The van der Waals surface area contributed by atoms with Gasteiger partial charge >= 0.3 is 6.03 Å². The summed E-state index contributed by atoms with van der Waals surface area (Å²) in [6, 6.07) is 8.71. The van der Waals surface area contributed by atoms with Crippen molar-refractivity contribution >= 4 is 40.5 Å². The van der Waals surface area contributed by atoms with Crippen LogP contribution in [0, 0.1) is 18.6 Å². The van der Waals surface area contributed by atoms with Crippen molar-refractivity contribution in [3.05, 3.63) is 64.8 Å². The second kappa shape index (κ2) is 9.33. The van der Waals surface area contributed by atoms with E-state index in [1.54, 1.807) is 38.4 Å². The molecule has 0 unspecified atom stereocenters. The third-order valence-corrected chi connectivity index (χ3v) is 5.94. The van der Waals surface area contributed by atoms with E-state index in [-0.39, 0.29) is 17.9 Å². The Morgan fingerprint density at radius 2 is 1.82 bits per heavy atom. The molecule has 2 heterocycles. The molecule has 1 aliphatic rings. The Balaban J connectivity index is 1.94. The van der Waals surface area contributed by atoms with Gasteiger partial charge in [-0.25, -0.2) is 18.6 Å². The molecule has 0 atom stereocenters. The van der Waals surface area contributed by atoms with Crippen molar-refractivity contribution in [2.75, 3.05) is 41.8 Å². The number of hydrogen-bond acceptors (Lipinski definition) is 4. The zero-order valence-electron chi connectivity index (χ0n) is 18.5. The van der Waals surface area contributed by atoms with E-state index in [1.807, 2.05) is 13.0 Å². The molecule has 2 amide bonds. The van der Waals surface area contributed by atoms with E-state index in [0.717, 1.165) is 10.5 Å². The van der Waals surface area contributed by atoms with Crippen molar-refractivity contribution in [3.63, 3.8) is 0 Å². The van der Waals surface area contributed by atoms with Crippen LogP contribution in [0.15, 0.2) is 42.6 Å². The van der Waals surface area contributed by atoms with Crippen LogP contribution < -0.4 is 20.4 Å². The van der Waals surface area contributed by atoms with Crippen LogP contribution in [-0.2, 0) is 0 Å². The van der Waals surface area contributed by atoms with E-state index >= 15 is 8.78 Å². The number of carbonyl (C=O) groups is 1. The Morgan fingerprint density at radius 3 is 2.48 bits per heavy atom. The van der Waals surface area contributed by atoms with Gasteiger partial charge in [-0.05, 0) is 62.9 Å². The number of anilines is 4. The first-order valence-electron chi connectivity index (χ1n) is 10.6. The Hall–Kier alpha value is -3.23. The van der Waals surface area contributed by atoms with Crippen molar-refractivity contribution in [1.82, 2.24) is 10.3 Å². The quantitative estimate of drug-likeness (QED) is 0.451. The number of pyridine rings is 1. The van der Waals surface area contributed by atoms with Crippen LogP contribution in [0.4, 0.5) is 36.5 Å². The highest BCUT2D eigenvalue weighted by atomic mass is 35.5. The number of nitrogens with one attached hydrogen (secondary N) is 2. The smallest absolute Gasteiger partial charge is 0.334 e. The third kappa shape index (κ3) is 4.12. The zero-order chi connectivity index (χ0) is 23.7. The predicted molar refractivity (Wildman–Crippen MR) is 129 cm³/mol. The molecule has 0 aliphatic carbocycles. The molecule has 0 spiro atoms. The maximum Gasteiger partial charge on any atom is 0.334 e. The van der Waals surface area contributed by atoms with E-state index in [2.05, 4.69) is 15.6 Å². The molecule has 0 saturated heterocycles. The van der Waals surface area contributed by atoms with Crippen LogP contribution in [0.1, 0.15) is 12.5 Å². The molecule has 0 bridgehead atoms. The topological polar surface area (TPSA) is 60.5 Å². The number of aromatic nitrogens is 1. The summed E-state index contributed by atoms with van der Waals surface area (Å²) in [6.07, 6.45) is 1.58. The van der Waals surface area contributed by atoms with E-state index in [4.69, 9.17) is 11.6 Å². The van der Waals surface area contributed by atoms with E-state index in [1.165, 1.54) is 17.0 Å². The summed E-state index contributed by atoms with van der Waals surface area (Å²) >= 11 is 6.40. The second-order valence-corrected chi connectivity index (χ2v) is 8.08. The number of amides is 2. The van der Waals surface area contributed by atoms with Crippen molar-refractivity contribution in [2.45, 2.75) is 13.8 Å². The van der Waals surface area contributed by atoms with Crippen LogP contribution in [0.3, 0.4) is 0 Å². The molecule has 172 valence electrons. The lowest BCUT2D eigenvalue weighted by Crippen LogP contribution is -2.41. The van der Waals surface area contributed by atoms with Crippen LogP contribution in [0.25, 0.3) is 11.1 Å². The fourth-order valence-corrected chi connectivity index (χ4v) is 4.08. The number of benzene rings is 2. The van der Waals surface area contributed by atoms with Gasteiger partial charge in [0.15, 0.2) is 11.6 Å². The molecule has 1 aliphatic heterocycles. The van der Waals surface area contributed by atoms with Crippen molar-refractivity contribution in [3.8, 4) is 11.1 Å². The minimum Gasteiger partial charge on any atom is -0.384 e. The standard InChI is InChI=1S/C24H24ClF2N5O/c1-4-31-23-16(6-5-7-30-23)17-10-14(2)18(25)13-21(17)32(24(31)33)22-19(26)11-15(12-20(22)27)29-9-8-28-3/h5-7,10-13,28-29H,4,8-9H2,1-3H3. The van der Waals surface area contributed by atoms with Gasteiger partial charge in [-0.1, -0.05) is 11.6 Å². The minimum absolute atomic E-state index is 0.257. The SMILES string of the molecule is CCN1C(=O)N(c2c(F)cc(NCCNC)cc2F)c2cc(Cl)c(C)cc2-c2cccnc21. The molecule has 1 aromatic heterocycles. The van der Waals surface area contributed by atoms with Gasteiger partial charge in [0, 0.05) is 47.7 Å². The van der Waals surface area contributed by atoms with E-state index in [0.29, 0.717) is 35.1 Å². The molecule has 0 saturated carbocycles. The first-order chi connectivity index (χ1) is 15.9. The number of rotatable bonds is 6. The Morgan fingerprint density at radius 1 is 1.09 bits per heavy atom. The molecule has 9 heteroatoms. The average molecular weight is 472 g/mol. The normalized spacial score (nSPS) is 13.0. The van der Waals surface area contributed by atoms with Gasteiger partial charge in [0.05, 0.1) is 5.69 Å². The second-order valence-electron chi connectivity index (χ2n) is 7.67. The van der Waals surface area contributed by atoms with Gasteiger partial charge in [0.1, 0.15) is 11.5 Å². The maximum atomic E-state index is 15.4. The molecular weight excluding hydrogens is 448 g/mol. The van der Waals surface area contributed by atoms with Gasteiger partial charge in [0.2, 0.25) is 0 Å². The van der Waals surface area contributed by atoms with Crippen LogP contribution in [0.5, 0.6) is 0 Å². The highest BCUT2D eigenvalue weighted by molar-refractivity contribution is 6.32. The molecule has 0 fully saturated rings. The van der Waals surface area contributed by atoms with Crippen molar-refractivity contribution in [1.29, 1.82) is 0 Å². The lowest BCUT2D eigenvalue weighted by atomic mass is 10.0. The Bertz CT molecular complexity index is 1200. The lowest BCUT2D eigenvalue weighted by Gasteiger charge is -2.28. The first-order valence-corrected chi connectivity index (χ1v) is 11.0. The lowest BCUT2D eigenvalue weighted by molar-refractivity contribution is 0.253. The van der Waals surface area contributed by atoms with E-state index in [9.17, 15) is 4.79 Å². The highest BCUT2D eigenvalue weighted by Gasteiger charge is 2.36. The summed E-state index contributed by atoms with van der Waals surface area (Å²) in [6.45, 7) is 4.98. The van der Waals surface area contributed by atoms with Crippen LogP contribution >= 0.6 is 11.6 Å². The van der Waals surface area contributed by atoms with Crippen LogP contribution in [-0.4, -0.2) is 37.7 Å². The molecule has 33 heavy (non-hydrogen) atoms. The predicted octanol–water partition coefficient (Wildman–Crippen LogP) is 5.72. The highest BCUT2D eigenvalue weighted by Crippen LogP contribution is 2.46. The van der Waals surface area contributed by atoms with Gasteiger partial charge in [-0.15, -0.1) is 0 Å². The fraction of sp³-hybridized carbons (Fsp3) is 0.250. The number of halogens is 3. The molecule has 6 nitrogen and oxygen atoms in total. The average Bonchev–Trinajstić information content (AvgIpc) is 2.87. The summed E-state index contributed by atoms with van der Waals surface area (Å²) in [5.74, 6) is -1.32. The van der Waals surface area contributed by atoms with Crippen molar-refractivity contribution in [2.24, 2.45) is 0 Å². The minimum atomic E-state index is -0.868. The summed E-state index contributed by atoms with van der Waals surface area (Å²) in [5, 5.41) is 6.30. The largest absolute Gasteiger partial charge is 0.384 e. The van der Waals surface area contributed by atoms with Crippen molar-refractivity contribution < 1.29 is 13.6 Å². The summed E-state index contributed by atoms with van der Waals surface area (Å²) < 4.78 is 30.8. The van der Waals surface area contributed by atoms with E-state index < -0.39 is 23.4 Å². The number of hydrogen-bond donors (Lipinski definition) is 2. The van der Waals surface area contributed by atoms with Gasteiger partial charge < -0.3 is 10.6 Å². The molecule has 2 N–H and O–H groups in total. The first kappa shape index (κ1) is 22.9. The maximum absolute atomic E-state index is 15.4. The Kier molecular flexibility index (Phi) is 6.49.